The van der Waals surface area contributed by atoms with Crippen molar-refractivity contribution in [2.24, 2.45) is 0 Å². The van der Waals surface area contributed by atoms with Crippen LogP contribution >= 0.6 is 12.2 Å². The first-order chi connectivity index (χ1) is 10.7. The first kappa shape index (κ1) is 14.2. The minimum Gasteiger partial charge on any atom is -0.352 e. The molecule has 22 heavy (non-hydrogen) atoms. The first-order valence-corrected chi connectivity index (χ1v) is 7.06. The maximum absolute atomic E-state index is 12.1. The second kappa shape index (κ2) is 6.31. The number of aromatic nitrogens is 4. The predicted molar refractivity (Wildman–Crippen MR) is 84.2 cm³/mol. The topological polar surface area (TPSA) is 75.6 Å². The molecule has 3 heterocycles. The second-order valence-corrected chi connectivity index (χ2v) is 4.98. The molecule has 0 aliphatic carbocycles. The molecule has 0 saturated carbocycles. The van der Waals surface area contributed by atoms with Crippen molar-refractivity contribution in [2.75, 3.05) is 0 Å². The smallest absolute Gasteiger partial charge is 0.254 e. The molecule has 110 valence electrons. The molecular weight excluding hydrogens is 298 g/mol. The Labute approximate surface area is 131 Å². The average molecular weight is 311 g/mol. The van der Waals surface area contributed by atoms with Gasteiger partial charge in [0.1, 0.15) is 4.64 Å². The standard InChI is InChI=1S/C15H13N5OS/c21-14(12-3-1-5-17-15(12)22)18-10-11-4-7-16-13(9-11)20-8-2-6-19-20/h1-9H,10H2,(H,17,22)(H,18,21). The minimum atomic E-state index is -0.209. The second-order valence-electron chi connectivity index (χ2n) is 4.57. The molecule has 6 nitrogen and oxygen atoms in total. The summed E-state index contributed by atoms with van der Waals surface area (Å²) in [5.74, 6) is 0.494. The van der Waals surface area contributed by atoms with Gasteiger partial charge in [0.25, 0.3) is 5.91 Å². The fraction of sp³-hybridized carbons (Fsp3) is 0.0667. The highest BCUT2D eigenvalue weighted by Crippen LogP contribution is 2.07. The van der Waals surface area contributed by atoms with Gasteiger partial charge in [0.2, 0.25) is 0 Å². The van der Waals surface area contributed by atoms with Gasteiger partial charge >= 0.3 is 0 Å². The normalized spacial score (nSPS) is 10.4. The van der Waals surface area contributed by atoms with Gasteiger partial charge < -0.3 is 10.3 Å². The number of nitrogens with zero attached hydrogens (tertiary/aromatic N) is 3. The summed E-state index contributed by atoms with van der Waals surface area (Å²) in [4.78, 5) is 19.2. The van der Waals surface area contributed by atoms with Gasteiger partial charge in [-0.05, 0) is 35.9 Å². The number of aromatic amines is 1. The van der Waals surface area contributed by atoms with Crippen molar-refractivity contribution in [3.63, 3.8) is 0 Å². The molecule has 3 rings (SSSR count). The summed E-state index contributed by atoms with van der Waals surface area (Å²) < 4.78 is 2.09. The number of carbonyl (C=O) groups excluding carboxylic acids is 1. The zero-order valence-corrected chi connectivity index (χ0v) is 12.4. The molecule has 0 aromatic carbocycles. The number of carbonyl (C=O) groups is 1. The maximum atomic E-state index is 12.1. The van der Waals surface area contributed by atoms with Crippen LogP contribution in [0.4, 0.5) is 0 Å². The van der Waals surface area contributed by atoms with Gasteiger partial charge in [-0.15, -0.1) is 0 Å². The lowest BCUT2D eigenvalue weighted by Crippen LogP contribution is -2.23. The molecule has 0 bridgehead atoms. The maximum Gasteiger partial charge on any atom is 0.254 e. The highest BCUT2D eigenvalue weighted by atomic mass is 32.1. The number of hydrogen-bond acceptors (Lipinski definition) is 4. The van der Waals surface area contributed by atoms with E-state index in [1.54, 1.807) is 35.4 Å². The molecule has 0 radical (unpaired) electrons. The molecule has 0 unspecified atom stereocenters. The quantitative estimate of drug-likeness (QED) is 0.725. The van der Waals surface area contributed by atoms with Crippen molar-refractivity contribution in [1.82, 2.24) is 25.1 Å². The van der Waals surface area contributed by atoms with Crippen LogP contribution in [0.2, 0.25) is 0 Å². The van der Waals surface area contributed by atoms with Crippen molar-refractivity contribution in [1.29, 1.82) is 0 Å². The molecular formula is C15H13N5OS. The average Bonchev–Trinajstić information content (AvgIpc) is 3.08. The van der Waals surface area contributed by atoms with Gasteiger partial charge in [-0.25, -0.2) is 9.67 Å². The Morgan fingerprint density at radius 1 is 1.32 bits per heavy atom. The van der Waals surface area contributed by atoms with Gasteiger partial charge in [-0.1, -0.05) is 12.2 Å². The zero-order valence-electron chi connectivity index (χ0n) is 11.6. The van der Waals surface area contributed by atoms with E-state index < -0.39 is 0 Å². The van der Waals surface area contributed by atoms with Gasteiger partial charge in [0, 0.05) is 31.3 Å². The number of pyridine rings is 2. The molecule has 0 aliphatic heterocycles. The fourth-order valence-electron chi connectivity index (χ4n) is 1.98. The Kier molecular flexibility index (Phi) is 4.06. The summed E-state index contributed by atoms with van der Waals surface area (Å²) in [6, 6.07) is 8.98. The van der Waals surface area contributed by atoms with Gasteiger partial charge in [0.05, 0.1) is 5.56 Å². The molecule has 7 heteroatoms. The van der Waals surface area contributed by atoms with E-state index in [1.165, 1.54) is 0 Å². The fourth-order valence-corrected chi connectivity index (χ4v) is 2.21. The molecule has 0 fully saturated rings. The van der Waals surface area contributed by atoms with Crippen molar-refractivity contribution in [3.05, 3.63) is 70.9 Å². The van der Waals surface area contributed by atoms with Crippen molar-refractivity contribution < 1.29 is 4.79 Å². The predicted octanol–water partition coefficient (Wildman–Crippen LogP) is 2.25. The minimum absolute atomic E-state index is 0.209. The molecule has 3 aromatic rings. The SMILES string of the molecule is O=C(NCc1ccnc(-n2cccn2)c1)c1ccc[nH]c1=S. The highest BCUT2D eigenvalue weighted by Gasteiger charge is 2.07. The van der Waals surface area contributed by atoms with Gasteiger partial charge in [0.15, 0.2) is 5.82 Å². The lowest BCUT2D eigenvalue weighted by molar-refractivity contribution is 0.0950. The van der Waals surface area contributed by atoms with Crippen molar-refractivity contribution >= 4 is 18.1 Å². The summed E-state index contributed by atoms with van der Waals surface area (Å²) in [7, 11) is 0. The monoisotopic (exact) mass is 311 g/mol. The number of amides is 1. The Morgan fingerprint density at radius 2 is 2.23 bits per heavy atom. The van der Waals surface area contributed by atoms with Crippen LogP contribution in [0.5, 0.6) is 0 Å². The molecule has 0 spiro atoms. The highest BCUT2D eigenvalue weighted by molar-refractivity contribution is 7.71. The van der Waals surface area contributed by atoms with Gasteiger partial charge in [-0.3, -0.25) is 4.79 Å². The summed E-state index contributed by atoms with van der Waals surface area (Å²) in [6.07, 6.45) is 6.88. The van der Waals surface area contributed by atoms with Crippen LogP contribution in [0.15, 0.2) is 55.1 Å². The van der Waals surface area contributed by atoms with E-state index in [4.69, 9.17) is 12.2 Å². The van der Waals surface area contributed by atoms with Crippen LogP contribution in [-0.4, -0.2) is 25.7 Å². The summed E-state index contributed by atoms with van der Waals surface area (Å²) in [5, 5.41) is 6.98. The third-order valence-electron chi connectivity index (χ3n) is 3.06. The third kappa shape index (κ3) is 3.09. The number of H-pyrrole nitrogens is 1. The van der Waals surface area contributed by atoms with E-state index in [0.29, 0.717) is 22.6 Å². The van der Waals surface area contributed by atoms with E-state index in [9.17, 15) is 4.79 Å². The largest absolute Gasteiger partial charge is 0.352 e. The van der Waals surface area contributed by atoms with Gasteiger partial charge in [-0.2, -0.15) is 5.10 Å². The van der Waals surface area contributed by atoms with Crippen LogP contribution in [0.25, 0.3) is 5.82 Å². The first-order valence-electron chi connectivity index (χ1n) is 6.65. The molecule has 0 aliphatic rings. The number of nitrogens with one attached hydrogen (secondary N) is 2. The summed E-state index contributed by atoms with van der Waals surface area (Å²) in [5.41, 5.74) is 1.39. The van der Waals surface area contributed by atoms with Crippen LogP contribution in [0.3, 0.4) is 0 Å². The Bertz CT molecular complexity index is 841. The Balaban J connectivity index is 1.72. The van der Waals surface area contributed by atoms with E-state index >= 15 is 0 Å². The molecule has 0 saturated heterocycles. The number of hydrogen-bond donors (Lipinski definition) is 2. The van der Waals surface area contributed by atoms with Crippen LogP contribution in [0.1, 0.15) is 15.9 Å². The van der Waals surface area contributed by atoms with E-state index in [-0.39, 0.29) is 5.91 Å². The molecule has 2 N–H and O–H groups in total. The van der Waals surface area contributed by atoms with E-state index in [0.717, 1.165) is 5.56 Å². The molecule has 0 atom stereocenters. The lowest BCUT2D eigenvalue weighted by atomic mass is 10.2. The van der Waals surface area contributed by atoms with Crippen molar-refractivity contribution in [3.8, 4) is 5.82 Å². The Hall–Kier alpha value is -2.80. The van der Waals surface area contributed by atoms with Crippen LogP contribution < -0.4 is 5.32 Å². The Morgan fingerprint density at radius 3 is 3.00 bits per heavy atom. The molecule has 3 aromatic heterocycles. The van der Waals surface area contributed by atoms with Crippen LogP contribution in [0, 0.1) is 4.64 Å². The number of rotatable bonds is 4. The summed E-state index contributed by atoms with van der Waals surface area (Å²) in [6.45, 7) is 0.388. The summed E-state index contributed by atoms with van der Waals surface area (Å²) >= 11 is 5.10. The third-order valence-corrected chi connectivity index (χ3v) is 3.40. The molecule has 1 amide bonds. The lowest BCUT2D eigenvalue weighted by Gasteiger charge is -2.07. The van der Waals surface area contributed by atoms with Crippen molar-refractivity contribution in [2.45, 2.75) is 6.54 Å². The van der Waals surface area contributed by atoms with E-state index in [1.807, 2.05) is 24.4 Å². The van der Waals surface area contributed by atoms with E-state index in [2.05, 4.69) is 20.4 Å². The zero-order chi connectivity index (χ0) is 15.4. The van der Waals surface area contributed by atoms with Crippen LogP contribution in [-0.2, 0) is 6.54 Å².